The van der Waals surface area contributed by atoms with Crippen molar-refractivity contribution >= 4 is 16.9 Å². The average molecular weight is 396 g/mol. The monoisotopic (exact) mass is 395 g/mol. The zero-order valence-corrected chi connectivity index (χ0v) is 17.5. The van der Waals surface area contributed by atoms with E-state index < -0.39 is 0 Å². The van der Waals surface area contributed by atoms with Gasteiger partial charge in [-0.1, -0.05) is 57.5 Å². The summed E-state index contributed by atoms with van der Waals surface area (Å²) in [5.74, 6) is 0.878. The molecule has 0 radical (unpaired) electrons. The molecule has 0 aliphatic carbocycles. The van der Waals surface area contributed by atoms with Gasteiger partial charge in [-0.25, -0.2) is 9.37 Å². The number of benzene rings is 2. The van der Waals surface area contributed by atoms with Gasteiger partial charge in [0.15, 0.2) is 0 Å². The number of amides is 1. The maximum absolute atomic E-state index is 14.2. The third-order valence-electron chi connectivity index (χ3n) is 5.06. The van der Waals surface area contributed by atoms with Gasteiger partial charge in [0, 0.05) is 23.9 Å². The number of aryl methyl sites for hydroxylation is 1. The topological polar surface area (TPSA) is 46.9 Å². The maximum Gasteiger partial charge on any atom is 0.225 e. The lowest BCUT2D eigenvalue weighted by molar-refractivity contribution is -0.128. The lowest BCUT2D eigenvalue weighted by atomic mass is 9.96. The highest BCUT2D eigenvalue weighted by Crippen LogP contribution is 2.20. The van der Waals surface area contributed by atoms with E-state index in [4.69, 9.17) is 4.98 Å². The van der Waals surface area contributed by atoms with Gasteiger partial charge in [0.2, 0.25) is 5.91 Å². The number of fused-ring (bicyclic) bond motifs is 1. The first-order valence-corrected chi connectivity index (χ1v) is 10.3. The smallest absolute Gasteiger partial charge is 0.225 e. The van der Waals surface area contributed by atoms with Gasteiger partial charge >= 0.3 is 0 Å². The average Bonchev–Trinajstić information content (AvgIpc) is 3.03. The van der Waals surface area contributed by atoms with E-state index in [1.807, 2.05) is 57.2 Å². The van der Waals surface area contributed by atoms with Crippen molar-refractivity contribution in [1.29, 1.82) is 0 Å². The minimum atomic E-state index is -0.350. The van der Waals surface area contributed by atoms with Gasteiger partial charge in [-0.3, -0.25) is 4.79 Å². The number of hydrogen-bond donors (Lipinski definition) is 1. The largest absolute Gasteiger partial charge is 0.356 e. The lowest BCUT2D eigenvalue weighted by Gasteiger charge is -2.17. The standard InChI is InChI=1S/C24H30FN3O/c1-24(2,3)23(29)26-16-10-4-5-15-22-27-20-13-8-9-14-21(20)28(22)17-18-11-6-7-12-19(18)25/h6-9,11-14H,4-5,10,15-17H2,1-3H3,(H,26,29). The second-order valence-electron chi connectivity index (χ2n) is 8.51. The normalized spacial score (nSPS) is 11.7. The lowest BCUT2D eigenvalue weighted by Crippen LogP contribution is -2.35. The molecule has 29 heavy (non-hydrogen) atoms. The van der Waals surface area contributed by atoms with E-state index in [1.54, 1.807) is 6.07 Å². The molecule has 0 aliphatic heterocycles. The first-order chi connectivity index (χ1) is 13.9. The summed E-state index contributed by atoms with van der Waals surface area (Å²) in [7, 11) is 0. The van der Waals surface area contributed by atoms with Crippen molar-refractivity contribution in [2.75, 3.05) is 6.54 Å². The fourth-order valence-corrected chi connectivity index (χ4v) is 3.34. The summed E-state index contributed by atoms with van der Waals surface area (Å²) in [4.78, 5) is 16.7. The SMILES string of the molecule is CC(C)(C)C(=O)NCCCCCc1nc2ccccc2n1Cc1ccccc1F. The molecule has 154 valence electrons. The molecule has 0 fully saturated rings. The van der Waals surface area contributed by atoms with Crippen molar-refractivity contribution in [3.63, 3.8) is 0 Å². The summed E-state index contributed by atoms with van der Waals surface area (Å²) in [5.41, 5.74) is 2.29. The molecule has 2 aromatic carbocycles. The fourth-order valence-electron chi connectivity index (χ4n) is 3.34. The molecule has 0 saturated carbocycles. The number of unbranched alkanes of at least 4 members (excludes halogenated alkanes) is 2. The Morgan fingerprint density at radius 3 is 2.52 bits per heavy atom. The molecule has 1 amide bonds. The number of rotatable bonds is 8. The summed E-state index contributed by atoms with van der Waals surface area (Å²) in [6.45, 7) is 6.93. The number of nitrogens with one attached hydrogen (secondary N) is 1. The number of hydrogen-bond acceptors (Lipinski definition) is 2. The Bertz CT molecular complexity index is 972. The van der Waals surface area contributed by atoms with Crippen LogP contribution in [0.5, 0.6) is 0 Å². The number of aromatic nitrogens is 2. The molecule has 1 N–H and O–H groups in total. The van der Waals surface area contributed by atoms with Crippen molar-refractivity contribution < 1.29 is 9.18 Å². The molecule has 3 aromatic rings. The summed E-state index contributed by atoms with van der Waals surface area (Å²) in [6, 6.07) is 14.9. The predicted octanol–water partition coefficient (Wildman–Crippen LogP) is 5.10. The number of imidazole rings is 1. The van der Waals surface area contributed by atoms with Crippen LogP contribution in [0.15, 0.2) is 48.5 Å². The molecule has 1 heterocycles. The number of halogens is 1. The second-order valence-corrected chi connectivity index (χ2v) is 8.51. The van der Waals surface area contributed by atoms with Crippen molar-refractivity contribution in [3.8, 4) is 0 Å². The van der Waals surface area contributed by atoms with Gasteiger partial charge in [0.05, 0.1) is 17.6 Å². The summed E-state index contributed by atoms with van der Waals surface area (Å²) >= 11 is 0. The Morgan fingerprint density at radius 1 is 1.03 bits per heavy atom. The van der Waals surface area contributed by atoms with E-state index >= 15 is 0 Å². The van der Waals surface area contributed by atoms with E-state index in [9.17, 15) is 9.18 Å². The zero-order chi connectivity index (χ0) is 20.9. The number of carbonyl (C=O) groups is 1. The first-order valence-electron chi connectivity index (χ1n) is 10.3. The van der Waals surface area contributed by atoms with Gasteiger partial charge in [-0.05, 0) is 31.0 Å². The Labute approximate surface area is 172 Å². The highest BCUT2D eigenvalue weighted by molar-refractivity contribution is 5.81. The fraction of sp³-hybridized carbons (Fsp3) is 0.417. The molecule has 3 rings (SSSR count). The Kier molecular flexibility index (Phi) is 6.68. The molecule has 0 bridgehead atoms. The summed E-state index contributed by atoms with van der Waals surface area (Å²) in [6.07, 6.45) is 3.75. The number of nitrogens with zero attached hydrogens (tertiary/aromatic N) is 2. The Balaban J connectivity index is 1.62. The molecule has 1 aromatic heterocycles. The highest BCUT2D eigenvalue weighted by atomic mass is 19.1. The van der Waals surface area contributed by atoms with Crippen LogP contribution in [0.2, 0.25) is 0 Å². The van der Waals surface area contributed by atoms with Crippen LogP contribution in [0.25, 0.3) is 11.0 Å². The van der Waals surface area contributed by atoms with Crippen LogP contribution in [0, 0.1) is 11.2 Å². The van der Waals surface area contributed by atoms with E-state index in [0.29, 0.717) is 18.7 Å². The van der Waals surface area contributed by atoms with Crippen molar-refractivity contribution in [1.82, 2.24) is 14.9 Å². The maximum atomic E-state index is 14.2. The quantitative estimate of drug-likeness (QED) is 0.540. The minimum absolute atomic E-state index is 0.0872. The van der Waals surface area contributed by atoms with Crippen molar-refractivity contribution in [3.05, 3.63) is 65.7 Å². The van der Waals surface area contributed by atoms with Crippen LogP contribution >= 0.6 is 0 Å². The van der Waals surface area contributed by atoms with Crippen LogP contribution in [0.4, 0.5) is 4.39 Å². The van der Waals surface area contributed by atoms with Gasteiger partial charge in [-0.2, -0.15) is 0 Å². The van der Waals surface area contributed by atoms with E-state index in [1.165, 1.54) is 6.07 Å². The number of carbonyl (C=O) groups excluding carboxylic acids is 1. The molecule has 4 nitrogen and oxygen atoms in total. The van der Waals surface area contributed by atoms with E-state index in [-0.39, 0.29) is 17.1 Å². The molecule has 0 unspecified atom stereocenters. The summed E-state index contributed by atoms with van der Waals surface area (Å²) in [5, 5.41) is 2.99. The van der Waals surface area contributed by atoms with E-state index in [0.717, 1.165) is 42.5 Å². The Hall–Kier alpha value is -2.69. The molecular weight excluding hydrogens is 365 g/mol. The molecular formula is C24H30FN3O. The molecule has 0 atom stereocenters. The zero-order valence-electron chi connectivity index (χ0n) is 17.5. The first kappa shape index (κ1) is 21.0. The van der Waals surface area contributed by atoms with Crippen LogP contribution < -0.4 is 5.32 Å². The molecule has 0 spiro atoms. The third kappa shape index (κ3) is 5.43. The predicted molar refractivity (Wildman–Crippen MR) is 115 cm³/mol. The van der Waals surface area contributed by atoms with Crippen molar-refractivity contribution in [2.45, 2.75) is 53.0 Å². The van der Waals surface area contributed by atoms with Crippen LogP contribution in [0.1, 0.15) is 51.4 Å². The Morgan fingerprint density at radius 2 is 1.76 bits per heavy atom. The van der Waals surface area contributed by atoms with Gasteiger partial charge in [0.1, 0.15) is 11.6 Å². The van der Waals surface area contributed by atoms with E-state index in [2.05, 4.69) is 9.88 Å². The van der Waals surface area contributed by atoms with Gasteiger partial charge in [-0.15, -0.1) is 0 Å². The van der Waals surface area contributed by atoms with Crippen LogP contribution in [0.3, 0.4) is 0 Å². The third-order valence-corrected chi connectivity index (χ3v) is 5.06. The van der Waals surface area contributed by atoms with Crippen LogP contribution in [-0.4, -0.2) is 22.0 Å². The molecule has 0 aliphatic rings. The highest BCUT2D eigenvalue weighted by Gasteiger charge is 2.20. The van der Waals surface area contributed by atoms with Crippen molar-refractivity contribution in [2.24, 2.45) is 5.41 Å². The number of para-hydroxylation sites is 2. The van der Waals surface area contributed by atoms with Crippen LogP contribution in [-0.2, 0) is 17.8 Å². The van der Waals surface area contributed by atoms with Gasteiger partial charge in [0.25, 0.3) is 0 Å². The minimum Gasteiger partial charge on any atom is -0.356 e. The molecule has 5 heteroatoms. The van der Waals surface area contributed by atoms with Gasteiger partial charge < -0.3 is 9.88 Å². The summed E-state index contributed by atoms with van der Waals surface area (Å²) < 4.78 is 16.3. The molecule has 0 saturated heterocycles. The second kappa shape index (κ2) is 9.21.